The standard InChI is InChI=1S/C30H36N2O7/c1-5-16-38-24-11-8-22(19-25(24)36-4)27-26(28(33)21-6-9-23(10-7-21)39-20(2)3)29(34)30(35)32(27)13-12-31-14-17-37-18-15-31/h5-11,19-20,27,33H,1,12-18H2,2-4H3. The van der Waals surface area contributed by atoms with Crippen LogP contribution in [0.2, 0.25) is 0 Å². The van der Waals surface area contributed by atoms with Crippen LogP contribution in [0.4, 0.5) is 0 Å². The van der Waals surface area contributed by atoms with Crippen molar-refractivity contribution in [2.24, 2.45) is 0 Å². The number of morpholine rings is 1. The number of amides is 1. The zero-order chi connectivity index (χ0) is 27.9. The van der Waals surface area contributed by atoms with E-state index >= 15 is 0 Å². The minimum absolute atomic E-state index is 0.00495. The summed E-state index contributed by atoms with van der Waals surface area (Å²) in [5, 5.41) is 11.4. The molecule has 4 rings (SSSR count). The minimum atomic E-state index is -0.806. The lowest BCUT2D eigenvalue weighted by Gasteiger charge is -2.31. The number of hydrogen-bond donors (Lipinski definition) is 1. The minimum Gasteiger partial charge on any atom is -0.507 e. The molecule has 0 aromatic heterocycles. The van der Waals surface area contributed by atoms with Crippen LogP contribution in [-0.2, 0) is 14.3 Å². The largest absolute Gasteiger partial charge is 0.507 e. The molecule has 2 aliphatic heterocycles. The van der Waals surface area contributed by atoms with Gasteiger partial charge in [0, 0.05) is 31.7 Å². The number of rotatable bonds is 11. The highest BCUT2D eigenvalue weighted by atomic mass is 16.5. The SMILES string of the molecule is C=CCOc1ccc(C2C(=C(O)c3ccc(OC(C)C)cc3)C(=O)C(=O)N2CCN2CCOCC2)cc1OC. The van der Waals surface area contributed by atoms with Crippen LogP contribution in [0.25, 0.3) is 5.76 Å². The highest BCUT2D eigenvalue weighted by Crippen LogP contribution is 2.42. The van der Waals surface area contributed by atoms with Crippen molar-refractivity contribution in [1.29, 1.82) is 0 Å². The van der Waals surface area contributed by atoms with Crippen LogP contribution < -0.4 is 14.2 Å². The van der Waals surface area contributed by atoms with Crippen molar-refractivity contribution in [3.8, 4) is 17.2 Å². The maximum Gasteiger partial charge on any atom is 0.295 e. The Morgan fingerprint density at radius 1 is 1.10 bits per heavy atom. The molecule has 2 aromatic carbocycles. The molecule has 1 unspecified atom stereocenters. The van der Waals surface area contributed by atoms with Gasteiger partial charge < -0.3 is 29.0 Å². The van der Waals surface area contributed by atoms with Crippen LogP contribution >= 0.6 is 0 Å². The summed E-state index contributed by atoms with van der Waals surface area (Å²) in [6.45, 7) is 11.5. The van der Waals surface area contributed by atoms with Crippen LogP contribution in [0, 0.1) is 0 Å². The molecule has 9 heteroatoms. The van der Waals surface area contributed by atoms with Gasteiger partial charge in [-0.2, -0.15) is 0 Å². The molecule has 0 aliphatic carbocycles. The molecule has 2 fully saturated rings. The van der Waals surface area contributed by atoms with Crippen molar-refractivity contribution in [3.05, 3.63) is 71.8 Å². The lowest BCUT2D eigenvalue weighted by Crippen LogP contribution is -2.42. The fourth-order valence-corrected chi connectivity index (χ4v) is 4.77. The first-order chi connectivity index (χ1) is 18.8. The number of carbonyl (C=O) groups excluding carboxylic acids is 2. The molecular weight excluding hydrogens is 500 g/mol. The lowest BCUT2D eigenvalue weighted by atomic mass is 9.95. The number of ether oxygens (including phenoxy) is 4. The molecular formula is C30H36N2O7. The Kier molecular flexibility index (Phi) is 9.27. The summed E-state index contributed by atoms with van der Waals surface area (Å²) in [7, 11) is 1.52. The quantitative estimate of drug-likeness (QED) is 0.201. The third-order valence-corrected chi connectivity index (χ3v) is 6.66. The Hall–Kier alpha value is -3.82. The second-order valence-corrected chi connectivity index (χ2v) is 9.65. The molecule has 2 aliphatic rings. The number of hydrogen-bond acceptors (Lipinski definition) is 8. The predicted octanol–water partition coefficient (Wildman–Crippen LogP) is 3.80. The molecule has 1 N–H and O–H groups in total. The molecule has 0 spiro atoms. The zero-order valence-electron chi connectivity index (χ0n) is 22.7. The van der Waals surface area contributed by atoms with Crippen LogP contribution in [0.15, 0.2) is 60.7 Å². The van der Waals surface area contributed by atoms with Crippen LogP contribution in [0.1, 0.15) is 31.0 Å². The molecule has 9 nitrogen and oxygen atoms in total. The smallest absolute Gasteiger partial charge is 0.295 e. The summed E-state index contributed by atoms with van der Waals surface area (Å²) in [5.74, 6) is -0.0258. The van der Waals surface area contributed by atoms with E-state index in [0.717, 1.165) is 13.1 Å². The van der Waals surface area contributed by atoms with E-state index in [1.54, 1.807) is 48.5 Å². The van der Waals surface area contributed by atoms with E-state index in [2.05, 4.69) is 11.5 Å². The molecule has 1 amide bonds. The Bertz CT molecular complexity index is 1220. The van der Waals surface area contributed by atoms with Gasteiger partial charge in [-0.1, -0.05) is 18.7 Å². The third kappa shape index (κ3) is 6.43. The number of Topliss-reactive ketones (excluding diaryl/α,β-unsaturated/α-hetero) is 1. The number of nitrogens with zero attached hydrogens (tertiary/aromatic N) is 2. The summed E-state index contributed by atoms with van der Waals surface area (Å²) < 4.78 is 22.4. The number of methoxy groups -OCH3 is 1. The van der Waals surface area contributed by atoms with Gasteiger partial charge in [-0.25, -0.2) is 0 Å². The fraction of sp³-hybridized carbons (Fsp3) is 0.400. The van der Waals surface area contributed by atoms with Gasteiger partial charge in [-0.05, 0) is 55.8 Å². The molecule has 208 valence electrons. The number of carbonyl (C=O) groups is 2. The Morgan fingerprint density at radius 3 is 2.46 bits per heavy atom. The number of aliphatic hydroxyl groups is 1. The molecule has 1 atom stereocenters. The second-order valence-electron chi connectivity index (χ2n) is 9.65. The van der Waals surface area contributed by atoms with Crippen molar-refractivity contribution < 1.29 is 33.6 Å². The van der Waals surface area contributed by atoms with Crippen molar-refractivity contribution in [1.82, 2.24) is 9.80 Å². The number of ketones is 1. The normalized spacial score (nSPS) is 19.4. The van der Waals surface area contributed by atoms with Gasteiger partial charge in [0.1, 0.15) is 18.1 Å². The van der Waals surface area contributed by atoms with E-state index in [-0.39, 0.29) is 17.4 Å². The number of benzene rings is 2. The van der Waals surface area contributed by atoms with Gasteiger partial charge in [0.25, 0.3) is 11.7 Å². The Balaban J connectivity index is 1.74. The average molecular weight is 537 g/mol. The van der Waals surface area contributed by atoms with E-state index in [4.69, 9.17) is 18.9 Å². The zero-order valence-corrected chi connectivity index (χ0v) is 22.7. The van der Waals surface area contributed by atoms with Crippen molar-refractivity contribution in [2.75, 3.05) is 53.1 Å². The molecule has 0 bridgehead atoms. The maximum absolute atomic E-state index is 13.4. The second kappa shape index (κ2) is 12.8. The average Bonchev–Trinajstić information content (AvgIpc) is 3.20. The summed E-state index contributed by atoms with van der Waals surface area (Å²) in [6, 6.07) is 11.3. The van der Waals surface area contributed by atoms with E-state index < -0.39 is 17.7 Å². The molecule has 2 saturated heterocycles. The van der Waals surface area contributed by atoms with Crippen LogP contribution in [0.3, 0.4) is 0 Å². The van der Waals surface area contributed by atoms with E-state index in [1.807, 2.05) is 13.8 Å². The third-order valence-electron chi connectivity index (χ3n) is 6.66. The Labute approximate surface area is 229 Å². The molecule has 0 saturated carbocycles. The number of likely N-dealkylation sites (tertiary alicyclic amines) is 1. The predicted molar refractivity (Wildman–Crippen MR) is 147 cm³/mol. The summed E-state index contributed by atoms with van der Waals surface area (Å²) in [5.41, 5.74) is 1.07. The first-order valence-electron chi connectivity index (χ1n) is 13.1. The van der Waals surface area contributed by atoms with Gasteiger partial charge in [-0.15, -0.1) is 0 Å². The highest BCUT2D eigenvalue weighted by molar-refractivity contribution is 6.46. The Morgan fingerprint density at radius 2 is 1.82 bits per heavy atom. The summed E-state index contributed by atoms with van der Waals surface area (Å²) in [4.78, 5) is 30.5. The highest BCUT2D eigenvalue weighted by Gasteiger charge is 2.46. The van der Waals surface area contributed by atoms with Crippen molar-refractivity contribution in [2.45, 2.75) is 26.0 Å². The van der Waals surface area contributed by atoms with E-state index in [1.165, 1.54) is 12.0 Å². The molecule has 2 aromatic rings. The summed E-state index contributed by atoms with van der Waals surface area (Å²) in [6.07, 6.45) is 1.63. The van der Waals surface area contributed by atoms with E-state index in [9.17, 15) is 14.7 Å². The van der Waals surface area contributed by atoms with E-state index in [0.29, 0.717) is 61.3 Å². The van der Waals surface area contributed by atoms with Crippen LogP contribution in [0.5, 0.6) is 17.2 Å². The fourth-order valence-electron chi connectivity index (χ4n) is 4.77. The first kappa shape index (κ1) is 28.2. The topological polar surface area (TPSA) is 97.8 Å². The molecule has 39 heavy (non-hydrogen) atoms. The first-order valence-corrected chi connectivity index (χ1v) is 13.1. The molecule has 2 heterocycles. The maximum atomic E-state index is 13.4. The van der Waals surface area contributed by atoms with Crippen LogP contribution in [-0.4, -0.2) is 85.8 Å². The lowest BCUT2D eigenvalue weighted by molar-refractivity contribution is -0.140. The molecule has 0 radical (unpaired) electrons. The van der Waals surface area contributed by atoms with Gasteiger partial charge in [0.05, 0.1) is 38.0 Å². The number of aliphatic hydroxyl groups excluding tert-OH is 1. The van der Waals surface area contributed by atoms with Gasteiger partial charge in [0.15, 0.2) is 11.5 Å². The van der Waals surface area contributed by atoms with Gasteiger partial charge in [-0.3, -0.25) is 14.5 Å². The van der Waals surface area contributed by atoms with Gasteiger partial charge >= 0.3 is 0 Å². The van der Waals surface area contributed by atoms with Gasteiger partial charge in [0.2, 0.25) is 0 Å². The summed E-state index contributed by atoms with van der Waals surface area (Å²) >= 11 is 0. The monoisotopic (exact) mass is 536 g/mol. The van der Waals surface area contributed by atoms with Crippen molar-refractivity contribution >= 4 is 17.4 Å². The van der Waals surface area contributed by atoms with Crippen molar-refractivity contribution in [3.63, 3.8) is 0 Å².